The summed E-state index contributed by atoms with van der Waals surface area (Å²) in [6.45, 7) is 1.81. The van der Waals surface area contributed by atoms with Crippen LogP contribution in [0.2, 0.25) is 0 Å². The largest absolute Gasteiger partial charge is 0.302 e. The lowest BCUT2D eigenvalue weighted by Gasteiger charge is -2.19. The summed E-state index contributed by atoms with van der Waals surface area (Å²) in [4.78, 5) is 18.4. The van der Waals surface area contributed by atoms with Gasteiger partial charge in [0.25, 0.3) is 5.56 Å². The number of thioether (sulfide) groups is 1. The number of nitriles is 1. The van der Waals surface area contributed by atoms with Crippen LogP contribution in [0.1, 0.15) is 25.0 Å². The van der Waals surface area contributed by atoms with Crippen molar-refractivity contribution in [2.45, 2.75) is 42.1 Å². The number of nitrogens with one attached hydrogen (secondary N) is 2. The van der Waals surface area contributed by atoms with E-state index in [0.717, 1.165) is 25.0 Å². The van der Waals surface area contributed by atoms with E-state index in [2.05, 4.69) is 21.4 Å². The smallest absolute Gasteiger partial charge is 0.251 e. The average Bonchev–Trinajstić information content (AvgIpc) is 2.72. The van der Waals surface area contributed by atoms with Crippen molar-refractivity contribution in [3.63, 3.8) is 0 Å². The maximum atomic E-state index is 11.4. The minimum Gasteiger partial charge on any atom is -0.302 e. The maximum Gasteiger partial charge on any atom is 0.251 e. The Balaban J connectivity index is 2.08. The Morgan fingerprint density at radius 2 is 2.50 bits per heavy atom. The van der Waals surface area contributed by atoms with Crippen LogP contribution in [-0.4, -0.2) is 27.8 Å². The predicted molar refractivity (Wildman–Crippen MR) is 70.5 cm³/mol. The Labute approximate surface area is 110 Å². The van der Waals surface area contributed by atoms with Gasteiger partial charge >= 0.3 is 0 Å². The van der Waals surface area contributed by atoms with E-state index in [-0.39, 0.29) is 5.56 Å². The number of aromatic nitrogens is 2. The Bertz CT molecular complexity index is 536. The van der Waals surface area contributed by atoms with E-state index in [1.165, 1.54) is 6.07 Å². The predicted octanol–water partition coefficient (Wildman–Crippen LogP) is 1.20. The summed E-state index contributed by atoms with van der Waals surface area (Å²) in [5, 5.41) is 13.3. The third-order valence-electron chi connectivity index (χ3n) is 3.29. The number of rotatable bonds is 3. The fourth-order valence-electron chi connectivity index (χ4n) is 2.25. The van der Waals surface area contributed by atoms with Crippen LogP contribution in [-0.2, 0) is 0 Å². The van der Waals surface area contributed by atoms with E-state index in [9.17, 15) is 10.1 Å². The molecule has 1 saturated carbocycles. The fourth-order valence-corrected chi connectivity index (χ4v) is 3.53. The summed E-state index contributed by atoms with van der Waals surface area (Å²) in [6.07, 6.45) is 2.58. The number of nitrogens with zero attached hydrogens (tertiary/aromatic N) is 2. The summed E-state index contributed by atoms with van der Waals surface area (Å²) in [6, 6.07) is 3.83. The van der Waals surface area contributed by atoms with Crippen LogP contribution in [0.5, 0.6) is 0 Å². The first-order valence-corrected chi connectivity index (χ1v) is 6.80. The molecule has 1 aromatic rings. The molecule has 2 rings (SSSR count). The van der Waals surface area contributed by atoms with Gasteiger partial charge in [0, 0.05) is 17.0 Å². The SMILES string of the molecule is CNC1(C#N)CCC(Sc2nc(C)cc(=O)[nH]2)C1. The zero-order valence-electron chi connectivity index (χ0n) is 10.5. The molecule has 2 unspecified atom stereocenters. The van der Waals surface area contributed by atoms with Crippen molar-refractivity contribution in [1.82, 2.24) is 15.3 Å². The fraction of sp³-hybridized carbons (Fsp3) is 0.583. The van der Waals surface area contributed by atoms with Crippen molar-refractivity contribution in [2.24, 2.45) is 0 Å². The van der Waals surface area contributed by atoms with Crippen LogP contribution in [0.15, 0.2) is 16.0 Å². The number of hydrogen-bond acceptors (Lipinski definition) is 5. The number of aromatic amines is 1. The Morgan fingerprint density at radius 3 is 3.06 bits per heavy atom. The molecule has 0 aromatic carbocycles. The van der Waals surface area contributed by atoms with Crippen molar-refractivity contribution in [1.29, 1.82) is 5.26 Å². The molecule has 0 radical (unpaired) electrons. The highest BCUT2D eigenvalue weighted by atomic mass is 32.2. The van der Waals surface area contributed by atoms with Crippen molar-refractivity contribution in [2.75, 3.05) is 7.05 Å². The minimum atomic E-state index is -0.415. The van der Waals surface area contributed by atoms with Crippen LogP contribution in [0.25, 0.3) is 0 Å². The average molecular weight is 264 g/mol. The minimum absolute atomic E-state index is 0.122. The molecule has 96 valence electrons. The number of aryl methyl sites for hydroxylation is 1. The number of hydrogen-bond donors (Lipinski definition) is 2. The van der Waals surface area contributed by atoms with E-state index >= 15 is 0 Å². The van der Waals surface area contributed by atoms with Crippen LogP contribution in [0.3, 0.4) is 0 Å². The first kappa shape index (κ1) is 13.1. The van der Waals surface area contributed by atoms with Crippen molar-refractivity contribution in [3.05, 3.63) is 22.1 Å². The molecule has 1 aliphatic carbocycles. The van der Waals surface area contributed by atoms with Gasteiger partial charge in [0.2, 0.25) is 0 Å². The van der Waals surface area contributed by atoms with E-state index in [4.69, 9.17) is 0 Å². The molecule has 2 N–H and O–H groups in total. The second-order valence-corrected chi connectivity index (χ2v) is 5.91. The van der Waals surface area contributed by atoms with Gasteiger partial charge in [-0.1, -0.05) is 11.8 Å². The number of H-pyrrole nitrogens is 1. The van der Waals surface area contributed by atoms with Crippen molar-refractivity contribution >= 4 is 11.8 Å². The van der Waals surface area contributed by atoms with Gasteiger partial charge in [0.1, 0.15) is 5.54 Å². The molecule has 0 bridgehead atoms. The van der Waals surface area contributed by atoms with E-state index in [0.29, 0.717) is 10.4 Å². The third-order valence-corrected chi connectivity index (χ3v) is 4.44. The standard InChI is InChI=1S/C12H16N4OS/c1-8-5-10(17)16-11(15-8)18-9-3-4-12(6-9,7-13)14-2/h5,9,14H,3-4,6H2,1-2H3,(H,15,16,17). The third kappa shape index (κ3) is 2.74. The van der Waals surface area contributed by atoms with Crippen LogP contribution in [0.4, 0.5) is 0 Å². The lowest BCUT2D eigenvalue weighted by atomic mass is 10.0. The van der Waals surface area contributed by atoms with Crippen LogP contribution in [0, 0.1) is 18.3 Å². The molecule has 2 atom stereocenters. The molecule has 0 aliphatic heterocycles. The van der Waals surface area contributed by atoms with Gasteiger partial charge in [-0.3, -0.25) is 4.79 Å². The molecular weight excluding hydrogens is 248 g/mol. The highest BCUT2D eigenvalue weighted by Crippen LogP contribution is 2.38. The van der Waals surface area contributed by atoms with E-state index < -0.39 is 5.54 Å². The summed E-state index contributed by atoms with van der Waals surface area (Å²) < 4.78 is 0. The Kier molecular flexibility index (Phi) is 3.73. The zero-order valence-corrected chi connectivity index (χ0v) is 11.3. The zero-order chi connectivity index (χ0) is 13.2. The molecule has 0 amide bonds. The van der Waals surface area contributed by atoms with Crippen LogP contribution >= 0.6 is 11.8 Å². The summed E-state index contributed by atoms with van der Waals surface area (Å²) >= 11 is 1.55. The summed E-state index contributed by atoms with van der Waals surface area (Å²) in [5.41, 5.74) is 0.185. The van der Waals surface area contributed by atoms with Gasteiger partial charge in [-0.2, -0.15) is 5.26 Å². The summed E-state index contributed by atoms with van der Waals surface area (Å²) in [7, 11) is 1.82. The maximum absolute atomic E-state index is 11.4. The van der Waals surface area contributed by atoms with Gasteiger partial charge in [-0.25, -0.2) is 4.98 Å². The molecule has 1 aromatic heterocycles. The molecule has 1 fully saturated rings. The first-order chi connectivity index (χ1) is 8.57. The first-order valence-electron chi connectivity index (χ1n) is 5.92. The highest BCUT2D eigenvalue weighted by molar-refractivity contribution is 7.99. The normalized spacial score (nSPS) is 27.1. The van der Waals surface area contributed by atoms with Gasteiger partial charge < -0.3 is 10.3 Å². The van der Waals surface area contributed by atoms with Crippen molar-refractivity contribution < 1.29 is 0 Å². The lowest BCUT2D eigenvalue weighted by molar-refractivity contribution is 0.464. The molecular formula is C12H16N4OS. The monoisotopic (exact) mass is 264 g/mol. The van der Waals surface area contributed by atoms with Gasteiger partial charge in [-0.05, 0) is 33.2 Å². The van der Waals surface area contributed by atoms with E-state index in [1.54, 1.807) is 18.7 Å². The molecule has 5 nitrogen and oxygen atoms in total. The van der Waals surface area contributed by atoms with Gasteiger partial charge in [0.05, 0.1) is 6.07 Å². The molecule has 1 heterocycles. The second kappa shape index (κ2) is 5.12. The van der Waals surface area contributed by atoms with E-state index in [1.807, 2.05) is 7.05 Å². The molecule has 0 saturated heterocycles. The molecule has 6 heteroatoms. The Morgan fingerprint density at radius 1 is 1.72 bits per heavy atom. The highest BCUT2D eigenvalue weighted by Gasteiger charge is 2.38. The van der Waals surface area contributed by atoms with Gasteiger partial charge in [-0.15, -0.1) is 0 Å². The quantitative estimate of drug-likeness (QED) is 0.802. The Hall–Kier alpha value is -1.32. The van der Waals surface area contributed by atoms with Crippen LogP contribution < -0.4 is 10.9 Å². The lowest BCUT2D eigenvalue weighted by Crippen LogP contribution is -2.38. The molecule has 18 heavy (non-hydrogen) atoms. The second-order valence-electron chi connectivity index (χ2n) is 4.62. The van der Waals surface area contributed by atoms with Gasteiger partial charge in [0.15, 0.2) is 5.16 Å². The van der Waals surface area contributed by atoms with Crippen molar-refractivity contribution in [3.8, 4) is 6.07 Å². The summed E-state index contributed by atoms with van der Waals surface area (Å²) in [5.74, 6) is 0. The topological polar surface area (TPSA) is 81.6 Å². The molecule has 0 spiro atoms. The molecule has 1 aliphatic rings.